The number of carbonyl (C=O) groups excluding carboxylic acids is 3. The van der Waals surface area contributed by atoms with E-state index < -0.39 is 11.6 Å². The minimum atomic E-state index is -0.791. The molecule has 6 nitrogen and oxygen atoms in total. The molecular formula is C25H39N3O3. The first kappa shape index (κ1) is 21.3. The van der Waals surface area contributed by atoms with E-state index >= 15 is 0 Å². The molecule has 172 valence electrons. The largest absolute Gasteiger partial charge is 0.351 e. The minimum Gasteiger partial charge on any atom is -0.351 e. The molecule has 4 amide bonds. The van der Waals surface area contributed by atoms with Gasteiger partial charge in [-0.15, -0.1) is 0 Å². The zero-order chi connectivity index (χ0) is 22.0. The first-order valence-electron chi connectivity index (χ1n) is 12.6. The monoisotopic (exact) mass is 429 g/mol. The van der Waals surface area contributed by atoms with E-state index in [1.54, 1.807) is 0 Å². The van der Waals surface area contributed by atoms with Gasteiger partial charge in [-0.05, 0) is 92.8 Å². The van der Waals surface area contributed by atoms with E-state index in [0.717, 1.165) is 31.1 Å². The molecule has 0 radical (unpaired) electrons. The average molecular weight is 430 g/mol. The Morgan fingerprint density at radius 1 is 1.06 bits per heavy atom. The molecule has 6 fully saturated rings. The van der Waals surface area contributed by atoms with Crippen molar-refractivity contribution in [2.24, 2.45) is 35.0 Å². The van der Waals surface area contributed by atoms with Gasteiger partial charge in [0.15, 0.2) is 0 Å². The Hall–Kier alpha value is -1.59. The molecule has 5 aliphatic carbocycles. The fourth-order valence-corrected chi connectivity index (χ4v) is 7.88. The lowest BCUT2D eigenvalue weighted by Gasteiger charge is -2.54. The highest BCUT2D eigenvalue weighted by molar-refractivity contribution is 6.09. The molecule has 1 aliphatic heterocycles. The van der Waals surface area contributed by atoms with E-state index in [9.17, 15) is 14.4 Å². The van der Waals surface area contributed by atoms with Crippen LogP contribution in [0.1, 0.15) is 85.0 Å². The van der Waals surface area contributed by atoms with Crippen molar-refractivity contribution >= 4 is 17.8 Å². The zero-order valence-electron chi connectivity index (χ0n) is 19.4. The number of carbonyl (C=O) groups is 3. The van der Waals surface area contributed by atoms with E-state index in [1.807, 2.05) is 0 Å². The molecule has 5 saturated carbocycles. The topological polar surface area (TPSA) is 78.5 Å². The molecule has 0 atom stereocenters. The van der Waals surface area contributed by atoms with Gasteiger partial charge in [-0.25, -0.2) is 4.79 Å². The van der Waals surface area contributed by atoms with Crippen LogP contribution >= 0.6 is 0 Å². The Bertz CT molecular complexity index is 740. The number of nitrogens with zero attached hydrogens (tertiary/aromatic N) is 1. The molecule has 6 aliphatic rings. The maximum absolute atomic E-state index is 13.3. The van der Waals surface area contributed by atoms with E-state index in [-0.39, 0.29) is 29.8 Å². The van der Waals surface area contributed by atoms with Crippen molar-refractivity contribution < 1.29 is 14.4 Å². The molecule has 31 heavy (non-hydrogen) atoms. The molecule has 0 unspecified atom stereocenters. The molecule has 0 aromatic heterocycles. The van der Waals surface area contributed by atoms with Crippen molar-refractivity contribution in [1.29, 1.82) is 0 Å². The molecule has 0 aromatic carbocycles. The van der Waals surface area contributed by atoms with E-state index in [0.29, 0.717) is 30.6 Å². The SMILES string of the molecule is CCC(C)(C)C1CCC2(CC1)NC(=O)N(CC(=O)NC1C3CC4CC(C3)CC1C4)C2=O. The first-order valence-corrected chi connectivity index (χ1v) is 12.6. The minimum absolute atomic E-state index is 0.140. The molecule has 1 heterocycles. The average Bonchev–Trinajstić information content (AvgIpc) is 2.94. The number of amides is 4. The van der Waals surface area contributed by atoms with E-state index in [4.69, 9.17) is 0 Å². The van der Waals surface area contributed by atoms with Crippen molar-refractivity contribution in [3.8, 4) is 0 Å². The maximum Gasteiger partial charge on any atom is 0.325 e. The molecule has 6 heteroatoms. The van der Waals surface area contributed by atoms with Gasteiger partial charge in [0.25, 0.3) is 5.91 Å². The second kappa shape index (κ2) is 7.48. The molecule has 1 spiro atoms. The van der Waals surface area contributed by atoms with Gasteiger partial charge in [-0.1, -0.05) is 27.2 Å². The Morgan fingerprint density at radius 3 is 2.19 bits per heavy atom. The standard InChI is InChI=1S/C25H39N3O3/c1-4-24(2,3)19-5-7-25(8-6-19)22(30)28(23(31)27-25)14-20(29)26-21-17-10-15-9-16(12-17)13-18(21)11-15/h15-19,21H,4-14H2,1-3H3,(H,26,29)(H,27,31). The van der Waals surface area contributed by atoms with Crippen molar-refractivity contribution in [2.45, 2.75) is 96.6 Å². The molecule has 0 aromatic rings. The first-order chi connectivity index (χ1) is 14.7. The Morgan fingerprint density at radius 2 is 1.65 bits per heavy atom. The van der Waals surface area contributed by atoms with Gasteiger partial charge in [0, 0.05) is 6.04 Å². The van der Waals surface area contributed by atoms with Crippen molar-refractivity contribution in [1.82, 2.24) is 15.5 Å². The predicted molar refractivity (Wildman–Crippen MR) is 118 cm³/mol. The van der Waals surface area contributed by atoms with Crippen molar-refractivity contribution in [2.75, 3.05) is 6.54 Å². The van der Waals surface area contributed by atoms with Crippen LogP contribution in [0.5, 0.6) is 0 Å². The van der Waals surface area contributed by atoms with Crippen LogP contribution in [-0.4, -0.2) is 40.9 Å². The quantitative estimate of drug-likeness (QED) is 0.652. The third kappa shape index (κ3) is 3.58. The smallest absolute Gasteiger partial charge is 0.325 e. The number of hydrogen-bond donors (Lipinski definition) is 2. The summed E-state index contributed by atoms with van der Waals surface area (Å²) in [4.78, 5) is 40.0. The highest BCUT2D eigenvalue weighted by atomic mass is 16.2. The summed E-state index contributed by atoms with van der Waals surface area (Å²) >= 11 is 0. The molecule has 4 bridgehead atoms. The van der Waals surface area contributed by atoms with Gasteiger partial charge in [0.1, 0.15) is 12.1 Å². The summed E-state index contributed by atoms with van der Waals surface area (Å²) in [6.45, 7) is 6.67. The van der Waals surface area contributed by atoms with Crippen molar-refractivity contribution in [3.05, 3.63) is 0 Å². The number of imide groups is 1. The zero-order valence-corrected chi connectivity index (χ0v) is 19.4. The summed E-state index contributed by atoms with van der Waals surface area (Å²) in [5.41, 5.74) is -0.536. The lowest BCUT2D eigenvalue weighted by atomic mass is 9.54. The van der Waals surface area contributed by atoms with Crippen LogP contribution < -0.4 is 10.6 Å². The van der Waals surface area contributed by atoms with Crippen LogP contribution in [0.4, 0.5) is 4.79 Å². The van der Waals surface area contributed by atoms with Crippen LogP contribution in [0.15, 0.2) is 0 Å². The van der Waals surface area contributed by atoms with Crippen LogP contribution in [0.3, 0.4) is 0 Å². The maximum atomic E-state index is 13.3. The second-order valence-corrected chi connectivity index (χ2v) is 12.0. The van der Waals surface area contributed by atoms with Gasteiger partial charge >= 0.3 is 6.03 Å². The Kier molecular flexibility index (Phi) is 5.13. The summed E-state index contributed by atoms with van der Waals surface area (Å²) in [7, 11) is 0. The van der Waals surface area contributed by atoms with Gasteiger partial charge in [0.2, 0.25) is 5.91 Å². The Balaban J connectivity index is 1.19. The lowest BCUT2D eigenvalue weighted by molar-refractivity contribution is -0.137. The lowest BCUT2D eigenvalue weighted by Crippen LogP contribution is -2.57. The highest BCUT2D eigenvalue weighted by Gasteiger charge is 2.54. The van der Waals surface area contributed by atoms with Gasteiger partial charge in [-0.2, -0.15) is 0 Å². The molecule has 6 rings (SSSR count). The summed E-state index contributed by atoms with van der Waals surface area (Å²) < 4.78 is 0. The highest BCUT2D eigenvalue weighted by Crippen LogP contribution is 2.53. The summed E-state index contributed by atoms with van der Waals surface area (Å²) in [6.07, 6.45) is 10.7. The predicted octanol–water partition coefficient (Wildman–Crippen LogP) is 3.84. The Labute approximate surface area is 186 Å². The molecule has 1 saturated heterocycles. The van der Waals surface area contributed by atoms with E-state index in [2.05, 4.69) is 31.4 Å². The molecule has 2 N–H and O–H groups in total. The van der Waals surface area contributed by atoms with Gasteiger partial charge in [-0.3, -0.25) is 14.5 Å². The summed E-state index contributed by atoms with van der Waals surface area (Å²) in [5, 5.41) is 6.22. The van der Waals surface area contributed by atoms with Crippen molar-refractivity contribution in [3.63, 3.8) is 0 Å². The summed E-state index contributed by atoms with van der Waals surface area (Å²) in [5.74, 6) is 3.11. The molecular weight excluding hydrogens is 390 g/mol. The number of hydrogen-bond acceptors (Lipinski definition) is 3. The number of urea groups is 1. The third-order valence-electron chi connectivity index (χ3n) is 9.96. The summed E-state index contributed by atoms with van der Waals surface area (Å²) in [6, 6.07) is -0.153. The second-order valence-electron chi connectivity index (χ2n) is 12.0. The number of nitrogens with one attached hydrogen (secondary N) is 2. The normalized spacial score (nSPS) is 41.7. The van der Waals surface area contributed by atoms with Crippen LogP contribution in [0, 0.1) is 35.0 Å². The van der Waals surface area contributed by atoms with Crippen LogP contribution in [0.2, 0.25) is 0 Å². The van der Waals surface area contributed by atoms with Crippen LogP contribution in [0.25, 0.3) is 0 Å². The van der Waals surface area contributed by atoms with E-state index in [1.165, 1.54) is 37.0 Å². The fourth-order valence-electron chi connectivity index (χ4n) is 7.88. The van der Waals surface area contributed by atoms with Gasteiger partial charge in [0.05, 0.1) is 0 Å². The van der Waals surface area contributed by atoms with Crippen LogP contribution in [-0.2, 0) is 9.59 Å². The number of rotatable bonds is 5. The third-order valence-corrected chi connectivity index (χ3v) is 9.96. The fraction of sp³-hybridized carbons (Fsp3) is 0.880. The van der Waals surface area contributed by atoms with Gasteiger partial charge < -0.3 is 10.6 Å².